The fourth-order valence-corrected chi connectivity index (χ4v) is 2.26. The normalized spacial score (nSPS) is 11.3. The van der Waals surface area contributed by atoms with Crippen LogP contribution in [0.3, 0.4) is 0 Å². The lowest BCUT2D eigenvalue weighted by Crippen LogP contribution is -2.19. The van der Waals surface area contributed by atoms with Gasteiger partial charge in [-0.2, -0.15) is 13.2 Å². The van der Waals surface area contributed by atoms with Crippen LogP contribution >= 0.6 is 15.9 Å². The Balaban J connectivity index is 2.35. The molecule has 0 fully saturated rings. The van der Waals surface area contributed by atoms with Crippen LogP contribution < -0.4 is 10.8 Å². The van der Waals surface area contributed by atoms with E-state index in [9.17, 15) is 18.0 Å². The third kappa shape index (κ3) is 3.71. The lowest BCUT2D eigenvalue weighted by Gasteiger charge is -2.14. The highest BCUT2D eigenvalue weighted by atomic mass is 79.9. The smallest absolute Gasteiger partial charge is 0.322 e. The van der Waals surface area contributed by atoms with Gasteiger partial charge in [-0.25, -0.2) is 0 Å². The maximum Gasteiger partial charge on any atom is 0.417 e. The maximum absolute atomic E-state index is 13.0. The van der Waals surface area contributed by atoms with Gasteiger partial charge in [-0.1, -0.05) is 33.0 Å². The lowest BCUT2D eigenvalue weighted by molar-refractivity contribution is -0.137. The molecule has 0 aromatic heterocycles. The minimum absolute atomic E-state index is 0.250. The third-order valence-electron chi connectivity index (χ3n) is 3.06. The van der Waals surface area contributed by atoms with Crippen LogP contribution in [0.1, 0.15) is 21.5 Å². The molecule has 0 aliphatic heterocycles. The van der Waals surface area contributed by atoms with Gasteiger partial charge in [-0.15, -0.1) is 0 Å². The average Bonchev–Trinajstić information content (AvgIpc) is 2.41. The van der Waals surface area contributed by atoms with E-state index in [2.05, 4.69) is 21.2 Å². The van der Waals surface area contributed by atoms with Crippen LogP contribution in [0.25, 0.3) is 0 Å². The Morgan fingerprint density at radius 2 is 1.86 bits per heavy atom. The standard InChI is InChI=1S/C15H10BBrF3NO/c1-8-6-10(3-5-13(8)16)21-14(22)11-4-2-9(17)7-12(11)15(18,19)20/h2-7H,1H3,(H,21,22). The number of carbonyl (C=O) groups excluding carboxylic acids is 1. The van der Waals surface area contributed by atoms with Gasteiger partial charge in [-0.3, -0.25) is 4.79 Å². The molecule has 2 aromatic carbocycles. The van der Waals surface area contributed by atoms with Crippen molar-refractivity contribution in [3.8, 4) is 0 Å². The highest BCUT2D eigenvalue weighted by Gasteiger charge is 2.35. The summed E-state index contributed by atoms with van der Waals surface area (Å²) in [6, 6.07) is 8.11. The van der Waals surface area contributed by atoms with Crippen LogP contribution in [-0.2, 0) is 6.18 Å². The second-order valence-electron chi connectivity index (χ2n) is 4.71. The highest BCUT2D eigenvalue weighted by molar-refractivity contribution is 9.10. The van der Waals surface area contributed by atoms with Crippen LogP contribution in [-0.4, -0.2) is 13.8 Å². The van der Waals surface area contributed by atoms with E-state index in [0.717, 1.165) is 17.7 Å². The molecule has 1 N–H and O–H groups in total. The van der Waals surface area contributed by atoms with Gasteiger partial charge < -0.3 is 5.32 Å². The summed E-state index contributed by atoms with van der Waals surface area (Å²) in [5.41, 5.74) is 0.215. The number of benzene rings is 2. The molecule has 0 saturated carbocycles. The molecule has 22 heavy (non-hydrogen) atoms. The number of amides is 1. The molecule has 2 nitrogen and oxygen atoms in total. The topological polar surface area (TPSA) is 29.1 Å². The molecular formula is C15H10BBrF3NO. The number of alkyl halides is 3. The zero-order chi connectivity index (χ0) is 16.5. The Kier molecular flexibility index (Phi) is 4.65. The zero-order valence-electron chi connectivity index (χ0n) is 11.5. The summed E-state index contributed by atoms with van der Waals surface area (Å²) >= 11 is 2.98. The number of hydrogen-bond acceptors (Lipinski definition) is 1. The Morgan fingerprint density at radius 1 is 1.18 bits per heavy atom. The van der Waals surface area contributed by atoms with Gasteiger partial charge in [0.05, 0.1) is 11.1 Å². The molecule has 0 aliphatic rings. The number of carbonyl (C=O) groups is 1. The second-order valence-corrected chi connectivity index (χ2v) is 5.63. The summed E-state index contributed by atoms with van der Waals surface area (Å²) in [5, 5.41) is 2.45. The number of halogens is 4. The average molecular weight is 368 g/mol. The molecule has 2 aromatic rings. The molecule has 0 atom stereocenters. The van der Waals surface area contributed by atoms with Gasteiger partial charge in [0.15, 0.2) is 0 Å². The number of hydrogen-bond donors (Lipinski definition) is 1. The van der Waals surface area contributed by atoms with E-state index in [1.54, 1.807) is 19.1 Å². The van der Waals surface area contributed by atoms with E-state index in [1.807, 2.05) is 0 Å². The van der Waals surface area contributed by atoms with Crippen molar-refractivity contribution in [2.24, 2.45) is 0 Å². The molecule has 112 valence electrons. The molecule has 7 heteroatoms. The molecule has 0 heterocycles. The third-order valence-corrected chi connectivity index (χ3v) is 3.55. The van der Waals surface area contributed by atoms with Crippen molar-refractivity contribution in [3.63, 3.8) is 0 Å². The summed E-state index contributed by atoms with van der Waals surface area (Å²) in [4.78, 5) is 12.1. The monoisotopic (exact) mass is 367 g/mol. The number of anilines is 1. The van der Waals surface area contributed by atoms with Crippen LogP contribution in [0.15, 0.2) is 40.9 Å². The molecule has 0 bridgehead atoms. The molecule has 0 saturated heterocycles. The van der Waals surface area contributed by atoms with E-state index in [1.165, 1.54) is 12.1 Å². The summed E-state index contributed by atoms with van der Waals surface area (Å²) in [5.74, 6) is -0.830. The van der Waals surface area contributed by atoms with Crippen LogP contribution in [0.4, 0.5) is 18.9 Å². The molecular weight excluding hydrogens is 358 g/mol. The summed E-state index contributed by atoms with van der Waals surface area (Å²) in [6.45, 7) is 1.74. The lowest BCUT2D eigenvalue weighted by atomic mass is 9.91. The van der Waals surface area contributed by atoms with Crippen molar-refractivity contribution in [1.82, 2.24) is 0 Å². The molecule has 1 amide bonds. The summed E-state index contributed by atoms with van der Waals surface area (Å²) in [6.07, 6.45) is -4.62. The van der Waals surface area contributed by atoms with Gasteiger partial charge in [0.25, 0.3) is 5.91 Å². The first-order valence-electron chi connectivity index (χ1n) is 6.22. The van der Waals surface area contributed by atoms with Crippen molar-refractivity contribution in [2.75, 3.05) is 5.32 Å². The van der Waals surface area contributed by atoms with Gasteiger partial charge in [0.1, 0.15) is 7.85 Å². The van der Waals surface area contributed by atoms with Crippen molar-refractivity contribution < 1.29 is 18.0 Å². The predicted octanol–water partition coefficient (Wildman–Crippen LogP) is 3.82. The molecule has 0 unspecified atom stereocenters. The van der Waals surface area contributed by atoms with E-state index >= 15 is 0 Å². The Bertz CT molecular complexity index is 731. The number of rotatable bonds is 2. The molecule has 0 spiro atoms. The largest absolute Gasteiger partial charge is 0.417 e. The number of nitrogens with one attached hydrogen (secondary N) is 1. The fraction of sp³-hybridized carbons (Fsp3) is 0.133. The summed E-state index contributed by atoms with van der Waals surface area (Å²) in [7, 11) is 5.66. The predicted molar refractivity (Wildman–Crippen MR) is 83.7 cm³/mol. The van der Waals surface area contributed by atoms with E-state index in [0.29, 0.717) is 11.2 Å². The first-order chi connectivity index (χ1) is 10.2. The number of aryl methyl sites for hydroxylation is 1. The maximum atomic E-state index is 13.0. The minimum Gasteiger partial charge on any atom is -0.322 e. The zero-order valence-corrected chi connectivity index (χ0v) is 13.0. The Hall–Kier alpha value is -1.76. The van der Waals surface area contributed by atoms with E-state index in [-0.39, 0.29) is 4.47 Å². The highest BCUT2D eigenvalue weighted by Crippen LogP contribution is 2.34. The van der Waals surface area contributed by atoms with Crippen LogP contribution in [0.5, 0.6) is 0 Å². The van der Waals surface area contributed by atoms with E-state index in [4.69, 9.17) is 7.85 Å². The van der Waals surface area contributed by atoms with Gasteiger partial charge in [-0.05, 0) is 37.3 Å². The van der Waals surface area contributed by atoms with Gasteiger partial charge in [0, 0.05) is 10.2 Å². The molecule has 2 rings (SSSR count). The fourth-order valence-electron chi connectivity index (χ4n) is 1.90. The molecule has 0 aliphatic carbocycles. The van der Waals surface area contributed by atoms with Crippen molar-refractivity contribution in [1.29, 1.82) is 0 Å². The first kappa shape index (κ1) is 16.6. The van der Waals surface area contributed by atoms with Crippen molar-refractivity contribution in [2.45, 2.75) is 13.1 Å². The Morgan fingerprint density at radius 3 is 2.45 bits per heavy atom. The van der Waals surface area contributed by atoms with Gasteiger partial charge >= 0.3 is 6.18 Å². The minimum atomic E-state index is -4.62. The van der Waals surface area contributed by atoms with Crippen molar-refractivity contribution >= 4 is 40.8 Å². The second kappa shape index (κ2) is 6.16. The Labute approximate surface area is 135 Å². The van der Waals surface area contributed by atoms with E-state index < -0.39 is 23.2 Å². The first-order valence-corrected chi connectivity index (χ1v) is 7.02. The van der Waals surface area contributed by atoms with Crippen LogP contribution in [0, 0.1) is 6.92 Å². The van der Waals surface area contributed by atoms with Crippen molar-refractivity contribution in [3.05, 3.63) is 57.6 Å². The quantitative estimate of drug-likeness (QED) is 0.803. The van der Waals surface area contributed by atoms with Crippen LogP contribution in [0.2, 0.25) is 0 Å². The van der Waals surface area contributed by atoms with Gasteiger partial charge in [0.2, 0.25) is 0 Å². The molecule has 2 radical (unpaired) electrons. The summed E-state index contributed by atoms with van der Waals surface area (Å²) < 4.78 is 39.3. The SMILES string of the molecule is [B]c1ccc(NC(=O)c2ccc(Br)cc2C(F)(F)F)cc1C.